The van der Waals surface area contributed by atoms with E-state index < -0.39 is 0 Å². The first-order chi connectivity index (χ1) is 17.2. The molecule has 178 valence electrons. The number of pyridine rings is 1. The Kier molecular flexibility index (Phi) is 5.82. The molecule has 1 aromatic carbocycles. The van der Waals surface area contributed by atoms with E-state index in [1.165, 1.54) is 22.2 Å². The standard InChI is InChI=1S/C27H27N5O2S/c1-2-34-21-10-4-3-8-19(21)27(33)32-15-13-31(14-16-32)25-23-20-9-5-11-22(20)35-26(23)30-24(29-25)18-7-6-12-28-17-18/h3-4,6-8,10,12,17H,2,5,9,11,13-16H2,1H3. The van der Waals surface area contributed by atoms with E-state index in [1.54, 1.807) is 17.5 Å². The van der Waals surface area contributed by atoms with Crippen LogP contribution in [-0.2, 0) is 12.8 Å². The molecule has 1 amide bonds. The van der Waals surface area contributed by atoms with Gasteiger partial charge in [-0.2, -0.15) is 0 Å². The van der Waals surface area contributed by atoms with Crippen molar-refractivity contribution in [3.8, 4) is 17.1 Å². The highest BCUT2D eigenvalue weighted by Gasteiger charge is 2.29. The summed E-state index contributed by atoms with van der Waals surface area (Å²) in [6.45, 7) is 5.20. The van der Waals surface area contributed by atoms with E-state index in [9.17, 15) is 4.79 Å². The Hall–Kier alpha value is -3.52. The highest BCUT2D eigenvalue weighted by atomic mass is 32.1. The summed E-state index contributed by atoms with van der Waals surface area (Å²) in [7, 11) is 0. The quantitative estimate of drug-likeness (QED) is 0.411. The van der Waals surface area contributed by atoms with Crippen molar-refractivity contribution in [1.82, 2.24) is 19.9 Å². The van der Waals surface area contributed by atoms with Crippen molar-refractivity contribution < 1.29 is 9.53 Å². The number of hydrogen-bond donors (Lipinski definition) is 0. The first-order valence-corrected chi connectivity index (χ1v) is 13.0. The zero-order chi connectivity index (χ0) is 23.8. The fraction of sp³-hybridized carbons (Fsp3) is 0.333. The van der Waals surface area contributed by atoms with E-state index in [0.29, 0.717) is 36.8 Å². The Labute approximate surface area is 208 Å². The van der Waals surface area contributed by atoms with Crippen molar-refractivity contribution in [2.75, 3.05) is 37.7 Å². The lowest BCUT2D eigenvalue weighted by molar-refractivity contribution is 0.0742. The van der Waals surface area contributed by atoms with E-state index >= 15 is 0 Å². The second kappa shape index (κ2) is 9.26. The minimum absolute atomic E-state index is 0.0222. The van der Waals surface area contributed by atoms with Gasteiger partial charge in [0.25, 0.3) is 5.91 Å². The van der Waals surface area contributed by atoms with Gasteiger partial charge in [0.1, 0.15) is 16.4 Å². The average molecular weight is 486 g/mol. The zero-order valence-corrected chi connectivity index (χ0v) is 20.6. The van der Waals surface area contributed by atoms with Crippen molar-refractivity contribution in [2.45, 2.75) is 26.2 Å². The van der Waals surface area contributed by atoms with Gasteiger partial charge >= 0.3 is 0 Å². The van der Waals surface area contributed by atoms with Gasteiger partial charge < -0.3 is 14.5 Å². The summed E-state index contributed by atoms with van der Waals surface area (Å²) in [5, 5.41) is 1.21. The third-order valence-corrected chi connectivity index (χ3v) is 7.93. The fourth-order valence-corrected chi connectivity index (χ4v) is 6.30. The van der Waals surface area contributed by atoms with Crippen LogP contribution in [0.25, 0.3) is 21.6 Å². The number of ether oxygens (including phenoxy) is 1. The minimum Gasteiger partial charge on any atom is -0.493 e. The second-order valence-electron chi connectivity index (χ2n) is 8.86. The number of hydrogen-bond acceptors (Lipinski definition) is 7. The Morgan fingerprint density at radius 1 is 1.06 bits per heavy atom. The molecule has 4 heterocycles. The van der Waals surface area contributed by atoms with E-state index in [0.717, 1.165) is 42.1 Å². The maximum absolute atomic E-state index is 13.3. The lowest BCUT2D eigenvalue weighted by atomic mass is 10.1. The number of fused-ring (bicyclic) bond motifs is 3. The molecule has 0 spiro atoms. The maximum Gasteiger partial charge on any atom is 0.257 e. The van der Waals surface area contributed by atoms with Crippen molar-refractivity contribution in [1.29, 1.82) is 0 Å². The van der Waals surface area contributed by atoms with Crippen LogP contribution in [0.5, 0.6) is 5.75 Å². The van der Waals surface area contributed by atoms with Crippen LogP contribution in [0.1, 0.15) is 34.1 Å². The molecule has 0 saturated carbocycles. The molecule has 0 unspecified atom stereocenters. The number of carbonyl (C=O) groups is 1. The summed E-state index contributed by atoms with van der Waals surface area (Å²) in [6.07, 6.45) is 6.99. The largest absolute Gasteiger partial charge is 0.493 e. The molecular weight excluding hydrogens is 458 g/mol. The molecule has 2 aliphatic rings. The van der Waals surface area contributed by atoms with Gasteiger partial charge in [-0.05, 0) is 56.0 Å². The first-order valence-electron chi connectivity index (χ1n) is 12.2. The average Bonchev–Trinajstić information content (AvgIpc) is 3.50. The van der Waals surface area contributed by atoms with Crippen LogP contribution in [0.3, 0.4) is 0 Å². The molecule has 35 heavy (non-hydrogen) atoms. The molecule has 1 saturated heterocycles. The van der Waals surface area contributed by atoms with Crippen LogP contribution in [0.15, 0.2) is 48.8 Å². The van der Waals surface area contributed by atoms with Crippen molar-refractivity contribution in [2.24, 2.45) is 0 Å². The Bertz CT molecular complexity index is 1380. The second-order valence-corrected chi connectivity index (χ2v) is 9.94. The van der Waals surface area contributed by atoms with Gasteiger partial charge in [0.2, 0.25) is 0 Å². The molecule has 0 N–H and O–H groups in total. The summed E-state index contributed by atoms with van der Waals surface area (Å²) < 4.78 is 5.70. The van der Waals surface area contributed by atoms with Crippen molar-refractivity contribution >= 4 is 33.3 Å². The van der Waals surface area contributed by atoms with Gasteiger partial charge in [0, 0.05) is 49.0 Å². The topological polar surface area (TPSA) is 71.5 Å². The molecule has 7 nitrogen and oxygen atoms in total. The van der Waals surface area contributed by atoms with Crippen LogP contribution in [0, 0.1) is 0 Å². The summed E-state index contributed by atoms with van der Waals surface area (Å²) in [6, 6.07) is 11.4. The molecule has 3 aromatic heterocycles. The van der Waals surface area contributed by atoms with Gasteiger partial charge in [-0.15, -0.1) is 11.3 Å². The third-order valence-electron chi connectivity index (χ3n) is 6.75. The summed E-state index contributed by atoms with van der Waals surface area (Å²) in [5.74, 6) is 2.38. The summed E-state index contributed by atoms with van der Waals surface area (Å²) in [5.41, 5.74) is 2.97. The normalized spacial score (nSPS) is 15.5. The number of rotatable bonds is 5. The molecule has 4 aromatic rings. The number of amides is 1. The molecule has 0 radical (unpaired) electrons. The molecule has 0 atom stereocenters. The molecule has 6 rings (SSSR count). The SMILES string of the molecule is CCOc1ccccc1C(=O)N1CCN(c2nc(-c3cccnc3)nc3sc4c(c23)CCC4)CC1. The Morgan fingerprint density at radius 3 is 2.71 bits per heavy atom. The predicted octanol–water partition coefficient (Wildman–Crippen LogP) is 4.60. The summed E-state index contributed by atoms with van der Waals surface area (Å²) in [4.78, 5) is 34.3. The van der Waals surface area contributed by atoms with E-state index in [2.05, 4.69) is 9.88 Å². The van der Waals surface area contributed by atoms with Crippen LogP contribution >= 0.6 is 11.3 Å². The van der Waals surface area contributed by atoms with Crippen LogP contribution in [-0.4, -0.2) is 58.5 Å². The van der Waals surface area contributed by atoms with Crippen molar-refractivity contribution in [3.05, 3.63) is 64.8 Å². The maximum atomic E-state index is 13.3. The predicted molar refractivity (Wildman–Crippen MR) is 138 cm³/mol. The van der Waals surface area contributed by atoms with Crippen LogP contribution in [0.2, 0.25) is 0 Å². The third kappa shape index (κ3) is 4.01. The first kappa shape index (κ1) is 22.0. The lowest BCUT2D eigenvalue weighted by Gasteiger charge is -2.36. The molecule has 1 aliphatic carbocycles. The minimum atomic E-state index is 0.0222. The van der Waals surface area contributed by atoms with Crippen LogP contribution in [0.4, 0.5) is 5.82 Å². The number of carbonyl (C=O) groups excluding carboxylic acids is 1. The van der Waals surface area contributed by atoms with E-state index in [4.69, 9.17) is 14.7 Å². The fourth-order valence-electron chi connectivity index (χ4n) is 5.05. The van der Waals surface area contributed by atoms with Crippen LogP contribution < -0.4 is 9.64 Å². The van der Waals surface area contributed by atoms with E-state index in [1.807, 2.05) is 54.4 Å². The van der Waals surface area contributed by atoms with Gasteiger partial charge in [0.15, 0.2) is 5.82 Å². The number of aromatic nitrogens is 3. The highest BCUT2D eigenvalue weighted by molar-refractivity contribution is 7.19. The number of aryl methyl sites for hydroxylation is 2. The number of para-hydroxylation sites is 1. The molecule has 8 heteroatoms. The summed E-state index contributed by atoms with van der Waals surface area (Å²) >= 11 is 1.81. The molecular formula is C27H27N5O2S. The smallest absolute Gasteiger partial charge is 0.257 e. The van der Waals surface area contributed by atoms with Gasteiger partial charge in [-0.1, -0.05) is 12.1 Å². The number of piperazine rings is 1. The Balaban J connectivity index is 1.30. The Morgan fingerprint density at radius 2 is 1.91 bits per heavy atom. The number of benzene rings is 1. The van der Waals surface area contributed by atoms with E-state index in [-0.39, 0.29) is 5.91 Å². The highest BCUT2D eigenvalue weighted by Crippen LogP contribution is 2.41. The van der Waals surface area contributed by atoms with Gasteiger partial charge in [-0.3, -0.25) is 9.78 Å². The lowest BCUT2D eigenvalue weighted by Crippen LogP contribution is -2.49. The van der Waals surface area contributed by atoms with Crippen molar-refractivity contribution in [3.63, 3.8) is 0 Å². The molecule has 1 aliphatic heterocycles. The number of thiophene rings is 1. The van der Waals surface area contributed by atoms with Gasteiger partial charge in [0.05, 0.1) is 17.6 Å². The zero-order valence-electron chi connectivity index (χ0n) is 19.7. The molecule has 1 fully saturated rings. The number of nitrogens with zero attached hydrogens (tertiary/aromatic N) is 5. The monoisotopic (exact) mass is 485 g/mol. The molecule has 0 bridgehead atoms. The van der Waals surface area contributed by atoms with Gasteiger partial charge in [-0.25, -0.2) is 9.97 Å². The number of anilines is 1.